The van der Waals surface area contributed by atoms with Crippen LogP contribution in [0.2, 0.25) is 5.54 Å². The molecule has 0 radical (unpaired) electrons. The van der Waals surface area contributed by atoms with Crippen LogP contribution in [0.3, 0.4) is 0 Å². The van der Waals surface area contributed by atoms with Gasteiger partial charge in [-0.15, -0.1) is 0 Å². The van der Waals surface area contributed by atoms with E-state index in [1.165, 1.54) is 26.9 Å². The summed E-state index contributed by atoms with van der Waals surface area (Å²) in [5.74, 6) is 0. The highest BCUT2D eigenvalue weighted by atomic mass is 32.4. The lowest BCUT2D eigenvalue weighted by Crippen LogP contribution is -2.53. The van der Waals surface area contributed by atoms with E-state index in [0.717, 1.165) is 25.7 Å². The van der Waals surface area contributed by atoms with Crippen molar-refractivity contribution in [3.8, 4) is 0 Å². The predicted molar refractivity (Wildman–Crippen MR) is 61.5 cm³/mol. The van der Waals surface area contributed by atoms with E-state index in [-0.39, 0.29) is 5.54 Å². The molecule has 0 aromatic rings. The van der Waals surface area contributed by atoms with Crippen LogP contribution >= 0.6 is 0 Å². The van der Waals surface area contributed by atoms with Crippen molar-refractivity contribution in [3.05, 3.63) is 0 Å². The molecule has 0 amide bonds. The monoisotopic (exact) mass is 252 g/mol. The molecule has 0 aromatic carbocycles. The third kappa shape index (κ3) is 2.43. The van der Waals surface area contributed by atoms with Gasteiger partial charge in [0.05, 0.1) is 0 Å². The summed E-state index contributed by atoms with van der Waals surface area (Å²) in [5, 5.41) is 0. The molecule has 0 unspecified atom stereocenters. The first-order chi connectivity index (χ1) is 6.98. The molecular weight excluding hydrogens is 232 g/mol. The Bertz CT molecular complexity index is 291. The van der Waals surface area contributed by atoms with Gasteiger partial charge in [0.2, 0.25) is 0 Å². The van der Waals surface area contributed by atoms with E-state index >= 15 is 0 Å². The topological polar surface area (TPSA) is 52.6 Å². The van der Waals surface area contributed by atoms with Crippen LogP contribution < -0.4 is 0 Å². The maximum absolute atomic E-state index is 11.8. The van der Waals surface area contributed by atoms with Crippen LogP contribution in [0.1, 0.15) is 32.1 Å². The van der Waals surface area contributed by atoms with Crippen molar-refractivity contribution in [2.75, 3.05) is 20.5 Å². The Morgan fingerprint density at radius 2 is 1.53 bits per heavy atom. The largest absolute Gasteiger partial charge is 0.474 e. The summed E-state index contributed by atoms with van der Waals surface area (Å²) in [5.41, 5.74) is 0.0937. The lowest BCUT2D eigenvalue weighted by atomic mass is 10.0. The summed E-state index contributed by atoms with van der Waals surface area (Å²) in [4.78, 5) is 0. The van der Waals surface area contributed by atoms with Crippen LogP contribution in [0.5, 0.6) is 0 Å². The van der Waals surface area contributed by atoms with Crippen molar-refractivity contribution in [2.45, 2.75) is 37.6 Å². The zero-order valence-electron chi connectivity index (χ0n) is 9.65. The van der Waals surface area contributed by atoms with Crippen LogP contribution in [0.15, 0.2) is 0 Å². The molecule has 0 saturated heterocycles. The minimum atomic E-state index is -3.23. The van der Waals surface area contributed by atoms with Gasteiger partial charge in [0, 0.05) is 26.0 Å². The Kier molecular flexibility index (Phi) is 4.34. The zero-order chi connectivity index (χ0) is 11.5. The van der Waals surface area contributed by atoms with Crippen molar-refractivity contribution in [2.24, 2.45) is 0 Å². The van der Waals surface area contributed by atoms with Crippen molar-refractivity contribution >= 4 is 17.0 Å². The summed E-state index contributed by atoms with van der Waals surface area (Å²) in [6.45, 7) is 0. The third-order valence-corrected chi connectivity index (χ3v) is 12.0. The molecule has 1 aliphatic carbocycles. The standard InChI is InChI=1S/C9H20O4SSi/c1-12-15(13-2,14(3,10)11)9-7-5-4-6-8-9/h9H,4-8H2,1-3H3. The van der Waals surface area contributed by atoms with Gasteiger partial charge in [-0.2, -0.15) is 0 Å². The molecule has 0 heterocycles. The second kappa shape index (κ2) is 4.95. The van der Waals surface area contributed by atoms with Gasteiger partial charge in [-0.25, -0.2) is 8.42 Å². The van der Waals surface area contributed by atoms with Crippen LogP contribution in [0.25, 0.3) is 0 Å². The van der Waals surface area contributed by atoms with E-state index in [2.05, 4.69) is 0 Å². The third-order valence-electron chi connectivity index (χ3n) is 3.19. The molecule has 0 aliphatic heterocycles. The summed E-state index contributed by atoms with van der Waals surface area (Å²) >= 11 is 0. The van der Waals surface area contributed by atoms with Crippen LogP contribution in [-0.4, -0.2) is 36.6 Å². The van der Waals surface area contributed by atoms with E-state index in [1.807, 2.05) is 0 Å². The van der Waals surface area contributed by atoms with E-state index in [0.29, 0.717) is 0 Å². The molecule has 4 nitrogen and oxygen atoms in total. The maximum Gasteiger partial charge on any atom is 0.474 e. The Morgan fingerprint density at radius 3 is 1.87 bits per heavy atom. The Labute approximate surface area is 92.8 Å². The molecule has 1 aliphatic rings. The Balaban J connectivity index is 2.98. The van der Waals surface area contributed by atoms with Gasteiger partial charge in [-0.1, -0.05) is 19.3 Å². The molecular formula is C9H20O4SSi. The van der Waals surface area contributed by atoms with Gasteiger partial charge < -0.3 is 8.85 Å². The van der Waals surface area contributed by atoms with Crippen molar-refractivity contribution in [3.63, 3.8) is 0 Å². The van der Waals surface area contributed by atoms with Gasteiger partial charge in [0.15, 0.2) is 9.29 Å². The molecule has 0 spiro atoms. The SMILES string of the molecule is CO[Si](OC)(C1CCCCC1)S(C)(=O)=O. The first-order valence-corrected chi connectivity index (χ1v) is 9.79. The molecule has 0 atom stereocenters. The highest BCUT2D eigenvalue weighted by Gasteiger charge is 2.55. The van der Waals surface area contributed by atoms with Crippen LogP contribution in [0.4, 0.5) is 0 Å². The van der Waals surface area contributed by atoms with Gasteiger partial charge in [-0.3, -0.25) is 0 Å². The van der Waals surface area contributed by atoms with E-state index in [1.54, 1.807) is 0 Å². The summed E-state index contributed by atoms with van der Waals surface area (Å²) in [7, 11) is -3.38. The number of hydrogen-bond donors (Lipinski definition) is 0. The average Bonchev–Trinajstić information content (AvgIpc) is 2.20. The fraction of sp³-hybridized carbons (Fsp3) is 1.00. The quantitative estimate of drug-likeness (QED) is 0.713. The first kappa shape index (κ1) is 13.2. The normalized spacial score (nSPS) is 20.5. The maximum atomic E-state index is 11.8. The number of hydrogen-bond acceptors (Lipinski definition) is 4. The van der Waals surface area contributed by atoms with Gasteiger partial charge in [-0.05, 0) is 12.8 Å². The first-order valence-electron chi connectivity index (χ1n) is 5.28. The Morgan fingerprint density at radius 1 is 1.07 bits per heavy atom. The van der Waals surface area contributed by atoms with Crippen LogP contribution in [-0.2, 0) is 18.1 Å². The predicted octanol–water partition coefficient (Wildman–Crippen LogP) is 1.60. The Hall–Kier alpha value is 0.0869. The average molecular weight is 252 g/mol. The smallest absolute Gasteiger partial charge is 0.387 e. The molecule has 0 bridgehead atoms. The fourth-order valence-corrected chi connectivity index (χ4v) is 9.98. The van der Waals surface area contributed by atoms with Crippen molar-refractivity contribution in [1.82, 2.24) is 0 Å². The molecule has 6 heteroatoms. The van der Waals surface area contributed by atoms with Gasteiger partial charge in [0.25, 0.3) is 0 Å². The summed E-state index contributed by atoms with van der Waals surface area (Å²) in [6.07, 6.45) is 6.43. The molecule has 1 saturated carbocycles. The highest BCUT2D eigenvalue weighted by molar-refractivity contribution is 8.20. The summed E-state index contributed by atoms with van der Waals surface area (Å²) in [6, 6.07) is 0. The molecule has 1 fully saturated rings. The minimum absolute atomic E-state index is 0.0937. The van der Waals surface area contributed by atoms with E-state index in [4.69, 9.17) is 8.85 Å². The lowest BCUT2D eigenvalue weighted by molar-refractivity contribution is 0.238. The molecule has 1 rings (SSSR count). The van der Waals surface area contributed by atoms with Crippen LogP contribution in [0, 0.1) is 0 Å². The van der Waals surface area contributed by atoms with Gasteiger partial charge >= 0.3 is 7.71 Å². The van der Waals surface area contributed by atoms with E-state index < -0.39 is 17.0 Å². The highest BCUT2D eigenvalue weighted by Crippen LogP contribution is 2.39. The van der Waals surface area contributed by atoms with E-state index in [9.17, 15) is 8.42 Å². The fourth-order valence-electron chi connectivity index (χ4n) is 2.48. The summed E-state index contributed by atoms with van der Waals surface area (Å²) < 4.78 is 34.3. The number of rotatable bonds is 4. The lowest BCUT2D eigenvalue weighted by Gasteiger charge is -2.34. The van der Waals surface area contributed by atoms with Gasteiger partial charge in [0.1, 0.15) is 0 Å². The molecule has 0 aromatic heterocycles. The van der Waals surface area contributed by atoms with Crippen molar-refractivity contribution in [1.29, 1.82) is 0 Å². The molecule has 15 heavy (non-hydrogen) atoms. The second-order valence-corrected chi connectivity index (χ2v) is 12.4. The minimum Gasteiger partial charge on any atom is -0.387 e. The zero-order valence-corrected chi connectivity index (χ0v) is 11.5. The molecule has 90 valence electrons. The molecule has 0 N–H and O–H groups in total. The second-order valence-electron chi connectivity index (χ2n) is 4.12. The van der Waals surface area contributed by atoms with Crippen molar-refractivity contribution < 1.29 is 17.3 Å².